The third-order valence-corrected chi connectivity index (χ3v) is 7.72. The molecule has 4 rings (SSSR count). The van der Waals surface area contributed by atoms with Gasteiger partial charge in [0, 0.05) is 12.5 Å². The van der Waals surface area contributed by atoms with Crippen molar-refractivity contribution in [2.24, 2.45) is 0 Å². The molecule has 1 fully saturated rings. The summed E-state index contributed by atoms with van der Waals surface area (Å²) in [6.07, 6.45) is 0.847. The summed E-state index contributed by atoms with van der Waals surface area (Å²) in [6.45, 7) is 11.1. The topological polar surface area (TPSA) is 108 Å². The molecular formula is C34H40ClN3O5. The third-order valence-electron chi connectivity index (χ3n) is 7.40. The number of para-hydroxylation sites is 1. The molecule has 1 aliphatic rings. The van der Waals surface area contributed by atoms with E-state index in [2.05, 4.69) is 10.6 Å². The molecule has 0 aromatic heterocycles. The van der Waals surface area contributed by atoms with Crippen molar-refractivity contribution in [2.45, 2.75) is 84.5 Å². The van der Waals surface area contributed by atoms with Gasteiger partial charge < -0.3 is 25.4 Å². The number of nitrogens with zero attached hydrogens (tertiary/aromatic N) is 1. The zero-order chi connectivity index (χ0) is 31.5. The quantitative estimate of drug-likeness (QED) is 0.249. The summed E-state index contributed by atoms with van der Waals surface area (Å²) >= 11 is 6.47. The highest BCUT2D eigenvalue weighted by Gasteiger charge is 2.44. The molecule has 1 saturated carbocycles. The standard InChI is InChI=1S/C34H40ClN3O5/c1-20-10-13-24(18-22(20)3)30(31(40)37-29-21(2)8-7-9-27(29)35)38(25-14-15-25)32(41)28(36-33(42)43-34(4,5)6)19-23-11-16-26(39)17-12-23/h7-13,16-18,25,28,30,39H,14-15,19H2,1-6H3,(H,36,42)(H,37,40). The molecule has 2 atom stereocenters. The van der Waals surface area contributed by atoms with Crippen LogP contribution in [0.3, 0.4) is 0 Å². The number of rotatable bonds is 9. The number of aromatic hydroxyl groups is 1. The van der Waals surface area contributed by atoms with E-state index in [1.165, 1.54) is 12.1 Å². The highest BCUT2D eigenvalue weighted by Crippen LogP contribution is 2.37. The first-order chi connectivity index (χ1) is 20.2. The Hall–Kier alpha value is -4.04. The zero-order valence-electron chi connectivity index (χ0n) is 25.5. The lowest BCUT2D eigenvalue weighted by Crippen LogP contribution is -2.54. The number of phenols is 1. The van der Waals surface area contributed by atoms with Crippen molar-refractivity contribution >= 4 is 35.2 Å². The van der Waals surface area contributed by atoms with Crippen LogP contribution in [-0.4, -0.2) is 45.6 Å². The van der Waals surface area contributed by atoms with Gasteiger partial charge in [-0.3, -0.25) is 9.59 Å². The number of phenolic OH excluding ortho intramolecular Hbond substituents is 1. The lowest BCUT2D eigenvalue weighted by Gasteiger charge is -2.35. The Morgan fingerprint density at radius 1 is 0.977 bits per heavy atom. The van der Waals surface area contributed by atoms with Crippen LogP contribution in [0.2, 0.25) is 5.02 Å². The van der Waals surface area contributed by atoms with Gasteiger partial charge in [-0.2, -0.15) is 0 Å². The van der Waals surface area contributed by atoms with E-state index in [-0.39, 0.29) is 18.2 Å². The molecule has 3 aromatic carbocycles. The van der Waals surface area contributed by atoms with E-state index in [0.29, 0.717) is 16.3 Å². The van der Waals surface area contributed by atoms with Gasteiger partial charge in [0.05, 0.1) is 10.7 Å². The number of carbonyl (C=O) groups excluding carboxylic acids is 3. The molecule has 3 amide bonds. The van der Waals surface area contributed by atoms with Gasteiger partial charge in [0.25, 0.3) is 5.91 Å². The fourth-order valence-corrected chi connectivity index (χ4v) is 5.19. The summed E-state index contributed by atoms with van der Waals surface area (Å²) in [5.41, 5.74) is 3.93. The van der Waals surface area contributed by atoms with Gasteiger partial charge in [-0.25, -0.2) is 4.79 Å². The molecule has 0 heterocycles. The molecule has 8 nitrogen and oxygen atoms in total. The largest absolute Gasteiger partial charge is 0.508 e. The average Bonchev–Trinajstić information content (AvgIpc) is 3.76. The lowest BCUT2D eigenvalue weighted by molar-refractivity contribution is -0.141. The fourth-order valence-electron chi connectivity index (χ4n) is 4.92. The molecule has 2 unspecified atom stereocenters. The van der Waals surface area contributed by atoms with E-state index >= 15 is 0 Å². The molecule has 0 saturated heterocycles. The third kappa shape index (κ3) is 8.29. The Bertz CT molecular complexity index is 1470. The maximum absolute atomic E-state index is 14.6. The summed E-state index contributed by atoms with van der Waals surface area (Å²) in [5, 5.41) is 15.9. The van der Waals surface area contributed by atoms with Gasteiger partial charge in [0.15, 0.2) is 0 Å². The van der Waals surface area contributed by atoms with Crippen molar-refractivity contribution in [1.82, 2.24) is 10.2 Å². The second-order valence-electron chi connectivity index (χ2n) is 12.2. The second-order valence-corrected chi connectivity index (χ2v) is 12.6. The number of ether oxygens (including phenoxy) is 1. The average molecular weight is 606 g/mol. The van der Waals surface area contributed by atoms with Crippen molar-refractivity contribution in [3.63, 3.8) is 0 Å². The highest BCUT2D eigenvalue weighted by molar-refractivity contribution is 6.34. The predicted octanol–water partition coefficient (Wildman–Crippen LogP) is 6.78. The van der Waals surface area contributed by atoms with Crippen molar-refractivity contribution in [1.29, 1.82) is 0 Å². The van der Waals surface area contributed by atoms with Gasteiger partial charge in [0.2, 0.25) is 5.91 Å². The smallest absolute Gasteiger partial charge is 0.408 e. The van der Waals surface area contributed by atoms with Gasteiger partial charge >= 0.3 is 6.09 Å². The van der Waals surface area contributed by atoms with Crippen LogP contribution in [0.25, 0.3) is 0 Å². The van der Waals surface area contributed by atoms with Gasteiger partial charge in [-0.15, -0.1) is 0 Å². The number of aryl methyl sites for hydroxylation is 3. The highest BCUT2D eigenvalue weighted by atomic mass is 35.5. The monoisotopic (exact) mass is 605 g/mol. The van der Waals surface area contributed by atoms with Crippen LogP contribution in [0.5, 0.6) is 5.75 Å². The Balaban J connectivity index is 1.76. The molecular weight excluding hydrogens is 566 g/mol. The maximum atomic E-state index is 14.6. The van der Waals surface area contributed by atoms with Crippen LogP contribution in [0.15, 0.2) is 60.7 Å². The molecule has 3 N–H and O–H groups in total. The molecule has 1 aliphatic carbocycles. The first-order valence-corrected chi connectivity index (χ1v) is 14.8. The maximum Gasteiger partial charge on any atom is 0.408 e. The molecule has 0 aliphatic heterocycles. The molecule has 3 aromatic rings. The number of benzene rings is 3. The summed E-state index contributed by atoms with van der Waals surface area (Å²) in [6, 6.07) is 15.3. The van der Waals surface area contributed by atoms with E-state index in [0.717, 1.165) is 35.1 Å². The van der Waals surface area contributed by atoms with Crippen LogP contribution in [0.4, 0.5) is 10.5 Å². The number of halogens is 1. The lowest BCUT2D eigenvalue weighted by atomic mass is 9.97. The minimum atomic E-state index is -1.04. The molecule has 0 radical (unpaired) electrons. The van der Waals surface area contributed by atoms with Gasteiger partial charge in [-0.1, -0.05) is 54.1 Å². The Morgan fingerprint density at radius 2 is 1.65 bits per heavy atom. The number of hydrogen-bond acceptors (Lipinski definition) is 5. The van der Waals surface area contributed by atoms with E-state index in [1.54, 1.807) is 43.9 Å². The van der Waals surface area contributed by atoms with Crippen LogP contribution < -0.4 is 10.6 Å². The number of hydrogen-bond donors (Lipinski definition) is 3. The van der Waals surface area contributed by atoms with Crippen molar-refractivity contribution in [3.05, 3.63) is 93.5 Å². The summed E-state index contributed by atoms with van der Waals surface area (Å²) < 4.78 is 5.50. The predicted molar refractivity (Wildman–Crippen MR) is 168 cm³/mol. The van der Waals surface area contributed by atoms with Gasteiger partial charge in [-0.05, 0) is 100 Å². The molecule has 0 spiro atoms. The summed E-state index contributed by atoms with van der Waals surface area (Å²) in [4.78, 5) is 43.3. The fraction of sp³-hybridized carbons (Fsp3) is 0.382. The minimum absolute atomic E-state index is 0.0904. The first-order valence-electron chi connectivity index (χ1n) is 14.5. The SMILES string of the molecule is Cc1ccc(C(C(=O)Nc2c(C)cccc2Cl)N(C(=O)C(Cc2ccc(O)cc2)NC(=O)OC(C)(C)C)C2CC2)cc1C. The van der Waals surface area contributed by atoms with Crippen LogP contribution >= 0.6 is 11.6 Å². The molecule has 9 heteroatoms. The summed E-state index contributed by atoms with van der Waals surface area (Å²) in [5.74, 6) is -0.719. The molecule has 43 heavy (non-hydrogen) atoms. The van der Waals surface area contributed by atoms with Crippen molar-refractivity contribution in [2.75, 3.05) is 5.32 Å². The van der Waals surface area contributed by atoms with E-state index < -0.39 is 35.6 Å². The molecule has 228 valence electrons. The summed E-state index contributed by atoms with van der Waals surface area (Å²) in [7, 11) is 0. The van der Waals surface area contributed by atoms with Crippen molar-refractivity contribution in [3.8, 4) is 5.75 Å². The van der Waals surface area contributed by atoms with E-state index in [1.807, 2.05) is 51.1 Å². The van der Waals surface area contributed by atoms with E-state index in [9.17, 15) is 19.5 Å². The number of alkyl carbamates (subject to hydrolysis) is 1. The Labute approximate surface area is 258 Å². The van der Waals surface area contributed by atoms with Crippen molar-refractivity contribution < 1.29 is 24.2 Å². The first kappa shape index (κ1) is 31.9. The molecule has 0 bridgehead atoms. The second kappa shape index (κ2) is 13.1. The van der Waals surface area contributed by atoms with Crippen LogP contribution in [-0.2, 0) is 20.7 Å². The van der Waals surface area contributed by atoms with Gasteiger partial charge in [0.1, 0.15) is 23.4 Å². The van der Waals surface area contributed by atoms with Crippen LogP contribution in [0, 0.1) is 20.8 Å². The number of carbonyl (C=O) groups is 3. The zero-order valence-corrected chi connectivity index (χ0v) is 26.3. The van der Waals surface area contributed by atoms with E-state index in [4.69, 9.17) is 16.3 Å². The number of nitrogens with one attached hydrogen (secondary N) is 2. The number of anilines is 1. The minimum Gasteiger partial charge on any atom is -0.508 e. The Kier molecular flexibility index (Phi) is 9.70. The van der Waals surface area contributed by atoms with Crippen LogP contribution in [0.1, 0.15) is 67.5 Å². The normalized spacial score (nSPS) is 14.4. The Morgan fingerprint density at radius 3 is 2.23 bits per heavy atom. The number of amides is 3.